The maximum absolute atomic E-state index is 12.3. The fourth-order valence-electron chi connectivity index (χ4n) is 1.14. The minimum Gasteiger partial charge on any atom is -0.166 e. The second-order valence-corrected chi connectivity index (χ2v) is 3.34. The number of halogens is 3. The second kappa shape index (κ2) is 3.86. The van der Waals surface area contributed by atoms with Gasteiger partial charge in [0.25, 0.3) is 0 Å². The molecule has 0 bridgehead atoms. The molecule has 0 aromatic heterocycles. The van der Waals surface area contributed by atoms with E-state index in [0.29, 0.717) is 5.56 Å². The Morgan fingerprint density at radius 3 is 2.36 bits per heavy atom. The van der Waals surface area contributed by atoms with Crippen LogP contribution in [-0.4, -0.2) is 0 Å². The third-order valence-corrected chi connectivity index (χ3v) is 1.67. The third-order valence-electron chi connectivity index (χ3n) is 1.67. The number of hydrogen-bond acceptors (Lipinski definition) is 0. The first kappa shape index (κ1) is 10.8. The van der Waals surface area contributed by atoms with Gasteiger partial charge in [0.05, 0.1) is 5.56 Å². The summed E-state index contributed by atoms with van der Waals surface area (Å²) in [6.45, 7) is 3.69. The molecule has 0 aliphatic carbocycles. The summed E-state index contributed by atoms with van der Waals surface area (Å²) >= 11 is 0. The van der Waals surface area contributed by atoms with Gasteiger partial charge in [-0.05, 0) is 31.5 Å². The molecule has 14 heavy (non-hydrogen) atoms. The summed E-state index contributed by atoms with van der Waals surface area (Å²) < 4.78 is 36.9. The van der Waals surface area contributed by atoms with Gasteiger partial charge in [0.1, 0.15) is 0 Å². The van der Waals surface area contributed by atoms with Crippen LogP contribution in [0.3, 0.4) is 0 Å². The van der Waals surface area contributed by atoms with Crippen LogP contribution >= 0.6 is 0 Å². The Labute approximate surface area is 81.1 Å². The maximum atomic E-state index is 12.3. The van der Waals surface area contributed by atoms with Crippen molar-refractivity contribution in [3.63, 3.8) is 0 Å². The zero-order chi connectivity index (χ0) is 10.8. The molecule has 1 rings (SSSR count). The summed E-state index contributed by atoms with van der Waals surface area (Å²) in [5.74, 6) is 0. The summed E-state index contributed by atoms with van der Waals surface area (Å²) in [6, 6.07) is 5.29. The van der Waals surface area contributed by atoms with Gasteiger partial charge in [0.2, 0.25) is 0 Å². The molecule has 0 saturated carbocycles. The first-order valence-electron chi connectivity index (χ1n) is 4.22. The fourth-order valence-corrected chi connectivity index (χ4v) is 1.14. The van der Waals surface area contributed by atoms with Gasteiger partial charge >= 0.3 is 6.18 Å². The lowest BCUT2D eigenvalue weighted by Gasteiger charge is -2.06. The van der Waals surface area contributed by atoms with Gasteiger partial charge in [-0.25, -0.2) is 0 Å². The van der Waals surface area contributed by atoms with Crippen LogP contribution in [0.4, 0.5) is 13.2 Å². The summed E-state index contributed by atoms with van der Waals surface area (Å²) in [6.07, 6.45) is -2.54. The largest absolute Gasteiger partial charge is 0.416 e. The lowest BCUT2D eigenvalue weighted by atomic mass is 10.1. The van der Waals surface area contributed by atoms with Crippen LogP contribution in [0.1, 0.15) is 25.0 Å². The van der Waals surface area contributed by atoms with Crippen molar-refractivity contribution < 1.29 is 13.2 Å². The molecule has 0 saturated heterocycles. The molecule has 0 aliphatic rings. The average molecular weight is 200 g/mol. The monoisotopic (exact) mass is 200 g/mol. The number of rotatable bonds is 1. The van der Waals surface area contributed by atoms with Crippen LogP contribution in [0.5, 0.6) is 0 Å². The Bertz CT molecular complexity index is 344. The van der Waals surface area contributed by atoms with E-state index in [9.17, 15) is 13.2 Å². The highest BCUT2D eigenvalue weighted by atomic mass is 19.4. The molecular weight excluding hydrogens is 189 g/mol. The van der Waals surface area contributed by atoms with Crippen LogP contribution in [0.25, 0.3) is 6.08 Å². The van der Waals surface area contributed by atoms with Gasteiger partial charge in [-0.3, -0.25) is 0 Å². The van der Waals surface area contributed by atoms with Crippen LogP contribution in [0.15, 0.2) is 29.8 Å². The predicted molar refractivity (Wildman–Crippen MR) is 50.8 cm³/mol. The van der Waals surface area contributed by atoms with Crippen LogP contribution in [-0.2, 0) is 6.18 Å². The maximum Gasteiger partial charge on any atom is 0.416 e. The number of allylic oxidation sites excluding steroid dienone is 1. The first-order chi connectivity index (χ1) is 6.39. The molecule has 0 radical (unpaired) electrons. The van der Waals surface area contributed by atoms with E-state index < -0.39 is 11.7 Å². The number of hydrogen-bond donors (Lipinski definition) is 0. The summed E-state index contributed by atoms with van der Waals surface area (Å²) in [7, 11) is 0. The van der Waals surface area contributed by atoms with Gasteiger partial charge in [-0.1, -0.05) is 23.8 Å². The van der Waals surface area contributed by atoms with E-state index in [1.165, 1.54) is 6.07 Å². The van der Waals surface area contributed by atoms with E-state index in [0.717, 1.165) is 17.7 Å². The van der Waals surface area contributed by atoms with Crippen molar-refractivity contribution in [1.82, 2.24) is 0 Å². The molecule has 1 aromatic rings. The molecule has 1 aromatic carbocycles. The van der Waals surface area contributed by atoms with E-state index in [1.54, 1.807) is 12.1 Å². The molecule has 0 heterocycles. The first-order valence-corrected chi connectivity index (χ1v) is 4.22. The molecule has 0 atom stereocenters. The molecule has 3 heteroatoms. The highest BCUT2D eigenvalue weighted by molar-refractivity contribution is 5.53. The van der Waals surface area contributed by atoms with Crippen molar-refractivity contribution in [1.29, 1.82) is 0 Å². The van der Waals surface area contributed by atoms with Crippen molar-refractivity contribution in [3.05, 3.63) is 41.0 Å². The number of benzene rings is 1. The number of alkyl halides is 3. The van der Waals surface area contributed by atoms with E-state index in [4.69, 9.17) is 0 Å². The van der Waals surface area contributed by atoms with Gasteiger partial charge in [0.15, 0.2) is 0 Å². The molecule has 0 aliphatic heterocycles. The third kappa shape index (κ3) is 2.91. The Morgan fingerprint density at radius 2 is 1.86 bits per heavy atom. The Balaban J connectivity index is 3.08. The normalized spacial score (nSPS) is 11.2. The smallest absolute Gasteiger partial charge is 0.166 e. The molecule has 0 unspecified atom stereocenters. The zero-order valence-corrected chi connectivity index (χ0v) is 8.02. The molecule has 0 spiro atoms. The molecular formula is C11H11F3. The Hall–Kier alpha value is -1.25. The van der Waals surface area contributed by atoms with Gasteiger partial charge in [0, 0.05) is 0 Å². The minimum absolute atomic E-state index is 0.583. The fraction of sp³-hybridized carbons (Fsp3) is 0.273. The predicted octanol–water partition coefficient (Wildman–Crippen LogP) is 4.13. The molecule has 0 fully saturated rings. The molecule has 0 nitrogen and oxygen atoms in total. The SMILES string of the molecule is CC(C)=Cc1cccc(C(F)(F)F)c1. The lowest BCUT2D eigenvalue weighted by molar-refractivity contribution is -0.137. The van der Waals surface area contributed by atoms with Gasteiger partial charge in [-0.15, -0.1) is 0 Å². The average Bonchev–Trinajstić information content (AvgIpc) is 2.01. The second-order valence-electron chi connectivity index (χ2n) is 3.34. The Morgan fingerprint density at radius 1 is 1.21 bits per heavy atom. The van der Waals surface area contributed by atoms with Gasteiger partial charge < -0.3 is 0 Å². The van der Waals surface area contributed by atoms with Crippen molar-refractivity contribution in [2.45, 2.75) is 20.0 Å². The quantitative estimate of drug-likeness (QED) is 0.639. The highest BCUT2D eigenvalue weighted by Gasteiger charge is 2.30. The summed E-state index contributed by atoms with van der Waals surface area (Å²) in [5.41, 5.74) is 0.955. The zero-order valence-electron chi connectivity index (χ0n) is 8.02. The molecule has 0 N–H and O–H groups in total. The molecule has 76 valence electrons. The highest BCUT2D eigenvalue weighted by Crippen LogP contribution is 2.29. The van der Waals surface area contributed by atoms with Crippen molar-refractivity contribution >= 4 is 6.08 Å². The van der Waals surface area contributed by atoms with Crippen molar-refractivity contribution in [2.24, 2.45) is 0 Å². The topological polar surface area (TPSA) is 0 Å². The Kier molecular flexibility index (Phi) is 2.99. The van der Waals surface area contributed by atoms with E-state index in [1.807, 2.05) is 13.8 Å². The molecule has 0 amide bonds. The minimum atomic E-state index is -4.26. The standard InChI is InChI=1S/C11H11F3/c1-8(2)6-9-4-3-5-10(7-9)11(12,13)14/h3-7H,1-2H3. The van der Waals surface area contributed by atoms with E-state index in [2.05, 4.69) is 0 Å². The summed E-state index contributed by atoms with van der Waals surface area (Å²) in [5, 5.41) is 0. The van der Waals surface area contributed by atoms with E-state index >= 15 is 0 Å². The summed E-state index contributed by atoms with van der Waals surface area (Å²) in [4.78, 5) is 0. The van der Waals surface area contributed by atoms with Crippen molar-refractivity contribution in [2.75, 3.05) is 0 Å². The van der Waals surface area contributed by atoms with Crippen molar-refractivity contribution in [3.8, 4) is 0 Å². The van der Waals surface area contributed by atoms with Gasteiger partial charge in [-0.2, -0.15) is 13.2 Å². The van der Waals surface area contributed by atoms with Crippen LogP contribution in [0.2, 0.25) is 0 Å². The van der Waals surface area contributed by atoms with Crippen LogP contribution < -0.4 is 0 Å². The lowest BCUT2D eigenvalue weighted by Crippen LogP contribution is -2.04. The van der Waals surface area contributed by atoms with Crippen LogP contribution in [0, 0.1) is 0 Å². The van der Waals surface area contributed by atoms with E-state index in [-0.39, 0.29) is 0 Å².